The van der Waals surface area contributed by atoms with Crippen molar-refractivity contribution in [3.8, 4) is 28.7 Å². The summed E-state index contributed by atoms with van der Waals surface area (Å²) in [5.41, 5.74) is 2.50. The molecule has 0 unspecified atom stereocenters. The molecule has 1 heterocycles. The molecule has 0 aromatic heterocycles. The number of ether oxygens (including phenoxy) is 4. The van der Waals surface area contributed by atoms with E-state index >= 15 is 0 Å². The molecule has 0 bridgehead atoms. The summed E-state index contributed by atoms with van der Waals surface area (Å²) in [5, 5.41) is 14.3. The number of hydrogen-bond donors (Lipinski definition) is 1. The Morgan fingerprint density at radius 3 is 2.00 bits per heavy atom. The lowest BCUT2D eigenvalue weighted by Gasteiger charge is -2.21. The van der Waals surface area contributed by atoms with Crippen molar-refractivity contribution in [3.05, 3.63) is 41.5 Å². The molecule has 0 saturated carbocycles. The average Bonchev–Trinajstić information content (AvgIpc) is 3.08. The van der Waals surface area contributed by atoms with Crippen LogP contribution in [-0.2, 0) is 4.84 Å². The van der Waals surface area contributed by atoms with Gasteiger partial charge in [0.15, 0.2) is 29.1 Å². The van der Waals surface area contributed by atoms with E-state index in [0.29, 0.717) is 23.0 Å². The molecule has 1 N–H and O–H groups in total. The number of rotatable bonds is 6. The van der Waals surface area contributed by atoms with Gasteiger partial charge in [0.2, 0.25) is 5.75 Å². The summed E-state index contributed by atoms with van der Waals surface area (Å²) in [7, 11) is 6.22. The van der Waals surface area contributed by atoms with E-state index in [1.54, 1.807) is 33.5 Å². The highest BCUT2D eigenvalue weighted by Crippen LogP contribution is 2.46. The van der Waals surface area contributed by atoms with E-state index in [-0.39, 0.29) is 11.7 Å². The molecule has 3 rings (SSSR count). The predicted octanol–water partition coefficient (Wildman–Crippen LogP) is 3.66. The first-order valence-electron chi connectivity index (χ1n) is 8.41. The Hall–Kier alpha value is -3.09. The van der Waals surface area contributed by atoms with Crippen LogP contribution in [0.2, 0.25) is 0 Å². The van der Waals surface area contributed by atoms with Crippen LogP contribution in [0.15, 0.2) is 35.5 Å². The predicted molar refractivity (Wildman–Crippen MR) is 100 cm³/mol. The monoisotopic (exact) mass is 373 g/mol. The number of methoxy groups -OCH3 is 4. The molecule has 1 aliphatic rings. The summed E-state index contributed by atoms with van der Waals surface area (Å²) >= 11 is 0. The van der Waals surface area contributed by atoms with E-state index in [1.165, 1.54) is 7.11 Å². The van der Waals surface area contributed by atoms with Gasteiger partial charge >= 0.3 is 0 Å². The van der Waals surface area contributed by atoms with Crippen LogP contribution in [-0.4, -0.2) is 39.3 Å². The Labute approximate surface area is 158 Å². The van der Waals surface area contributed by atoms with Gasteiger partial charge in [0.1, 0.15) is 0 Å². The Bertz CT molecular complexity index is 839. The van der Waals surface area contributed by atoms with Gasteiger partial charge in [-0.05, 0) is 42.3 Å². The quantitative estimate of drug-likeness (QED) is 0.833. The maximum absolute atomic E-state index is 10.1. The van der Waals surface area contributed by atoms with E-state index in [0.717, 1.165) is 16.8 Å². The molecule has 0 aliphatic carbocycles. The van der Waals surface area contributed by atoms with Gasteiger partial charge < -0.3 is 28.9 Å². The fraction of sp³-hybridized carbons (Fsp3) is 0.350. The number of phenols is 1. The SMILES string of the molecule is COc1ccc([C@@H]2ON=C(C)[C@@H]2c2cc(OC)c(OC)c(OC)c2)cc1O. The lowest BCUT2D eigenvalue weighted by molar-refractivity contribution is 0.0760. The van der Waals surface area contributed by atoms with Crippen LogP contribution in [0.25, 0.3) is 0 Å². The summed E-state index contributed by atoms with van der Waals surface area (Å²) in [5.74, 6) is 1.92. The average molecular weight is 373 g/mol. The summed E-state index contributed by atoms with van der Waals surface area (Å²) in [6.07, 6.45) is -0.399. The topological polar surface area (TPSA) is 78.7 Å². The smallest absolute Gasteiger partial charge is 0.203 e. The lowest BCUT2D eigenvalue weighted by Crippen LogP contribution is -2.14. The summed E-state index contributed by atoms with van der Waals surface area (Å²) < 4.78 is 21.4. The largest absolute Gasteiger partial charge is 0.504 e. The van der Waals surface area contributed by atoms with Crippen molar-refractivity contribution in [1.29, 1.82) is 0 Å². The molecule has 1 aliphatic heterocycles. The number of benzene rings is 2. The first kappa shape index (κ1) is 18.7. The Morgan fingerprint density at radius 2 is 1.48 bits per heavy atom. The second kappa shape index (κ2) is 7.65. The molecular weight excluding hydrogens is 350 g/mol. The van der Waals surface area contributed by atoms with Crippen LogP contribution in [0.3, 0.4) is 0 Å². The van der Waals surface area contributed by atoms with Gasteiger partial charge in [-0.1, -0.05) is 11.2 Å². The molecule has 0 amide bonds. The number of phenolic OH excluding ortho intramolecular Hbond substituents is 1. The molecule has 27 heavy (non-hydrogen) atoms. The fourth-order valence-electron chi connectivity index (χ4n) is 3.31. The van der Waals surface area contributed by atoms with Crippen LogP contribution in [0, 0.1) is 0 Å². The third-order valence-electron chi connectivity index (χ3n) is 4.64. The van der Waals surface area contributed by atoms with Crippen molar-refractivity contribution < 1.29 is 28.9 Å². The Balaban J connectivity index is 2.05. The number of aromatic hydroxyl groups is 1. The summed E-state index contributed by atoms with van der Waals surface area (Å²) in [4.78, 5) is 5.67. The number of oxime groups is 1. The van der Waals surface area contributed by atoms with Gasteiger partial charge in [-0.15, -0.1) is 0 Å². The highest BCUT2D eigenvalue weighted by molar-refractivity contribution is 5.90. The molecule has 7 heteroatoms. The van der Waals surface area contributed by atoms with E-state index in [4.69, 9.17) is 23.8 Å². The molecule has 0 saturated heterocycles. The second-order valence-corrected chi connectivity index (χ2v) is 6.13. The highest BCUT2D eigenvalue weighted by Gasteiger charge is 2.36. The lowest BCUT2D eigenvalue weighted by atomic mass is 9.86. The van der Waals surface area contributed by atoms with Crippen molar-refractivity contribution in [3.63, 3.8) is 0 Å². The Morgan fingerprint density at radius 1 is 0.852 bits per heavy atom. The van der Waals surface area contributed by atoms with Gasteiger partial charge in [-0.3, -0.25) is 0 Å². The fourth-order valence-corrected chi connectivity index (χ4v) is 3.31. The Kier molecular flexibility index (Phi) is 5.30. The van der Waals surface area contributed by atoms with Gasteiger partial charge in [-0.25, -0.2) is 0 Å². The molecule has 2 aromatic rings. The number of hydrogen-bond acceptors (Lipinski definition) is 7. The van der Waals surface area contributed by atoms with E-state index in [2.05, 4.69) is 5.16 Å². The normalized spacial score (nSPS) is 18.5. The second-order valence-electron chi connectivity index (χ2n) is 6.13. The van der Waals surface area contributed by atoms with E-state index < -0.39 is 6.10 Å². The molecule has 0 spiro atoms. The molecular formula is C20H23NO6. The first-order valence-corrected chi connectivity index (χ1v) is 8.41. The minimum atomic E-state index is -0.399. The van der Waals surface area contributed by atoms with Gasteiger partial charge in [-0.2, -0.15) is 0 Å². The van der Waals surface area contributed by atoms with Gasteiger partial charge in [0.05, 0.1) is 40.1 Å². The van der Waals surface area contributed by atoms with Crippen LogP contribution in [0.1, 0.15) is 30.1 Å². The van der Waals surface area contributed by atoms with Gasteiger partial charge in [0, 0.05) is 0 Å². The molecule has 0 fully saturated rings. The maximum Gasteiger partial charge on any atom is 0.203 e. The molecule has 7 nitrogen and oxygen atoms in total. The summed E-state index contributed by atoms with van der Waals surface area (Å²) in [6.45, 7) is 1.90. The van der Waals surface area contributed by atoms with Crippen LogP contribution in [0.4, 0.5) is 0 Å². The third kappa shape index (κ3) is 3.32. The third-order valence-corrected chi connectivity index (χ3v) is 4.64. The molecule has 2 atom stereocenters. The summed E-state index contributed by atoms with van der Waals surface area (Å²) in [6, 6.07) is 8.95. The van der Waals surface area contributed by atoms with Crippen LogP contribution in [0.5, 0.6) is 28.7 Å². The molecule has 0 radical (unpaired) electrons. The van der Waals surface area contributed by atoms with E-state index in [1.807, 2.05) is 25.1 Å². The van der Waals surface area contributed by atoms with Crippen molar-refractivity contribution in [2.75, 3.05) is 28.4 Å². The van der Waals surface area contributed by atoms with Crippen molar-refractivity contribution in [2.24, 2.45) is 5.16 Å². The minimum absolute atomic E-state index is 0.0480. The zero-order chi connectivity index (χ0) is 19.6. The molecule has 2 aromatic carbocycles. The first-order chi connectivity index (χ1) is 13.0. The molecule has 144 valence electrons. The van der Waals surface area contributed by atoms with Gasteiger partial charge in [0.25, 0.3) is 0 Å². The highest BCUT2D eigenvalue weighted by atomic mass is 16.6. The number of nitrogens with zero attached hydrogens (tertiary/aromatic N) is 1. The zero-order valence-corrected chi connectivity index (χ0v) is 16.0. The van der Waals surface area contributed by atoms with Crippen LogP contribution < -0.4 is 18.9 Å². The van der Waals surface area contributed by atoms with Crippen molar-refractivity contribution in [1.82, 2.24) is 0 Å². The standard InChI is InChI=1S/C20H23NO6/c1-11-18(13-9-16(24-3)20(26-5)17(10-13)25-4)19(27-21-11)12-6-7-15(23-2)14(22)8-12/h6-10,18-19,22H,1-5H3/t18-,19+/m1/s1. The van der Waals surface area contributed by atoms with Crippen molar-refractivity contribution in [2.45, 2.75) is 18.9 Å². The zero-order valence-electron chi connectivity index (χ0n) is 16.0. The minimum Gasteiger partial charge on any atom is -0.504 e. The van der Waals surface area contributed by atoms with Crippen molar-refractivity contribution >= 4 is 5.71 Å². The van der Waals surface area contributed by atoms with Crippen LogP contribution >= 0.6 is 0 Å². The maximum atomic E-state index is 10.1. The van der Waals surface area contributed by atoms with E-state index in [9.17, 15) is 5.11 Å².